The summed E-state index contributed by atoms with van der Waals surface area (Å²) in [4.78, 5) is 14.3. The Labute approximate surface area is 141 Å². The third-order valence-corrected chi connectivity index (χ3v) is 4.12. The first-order valence-electron chi connectivity index (χ1n) is 6.85. The Balaban J connectivity index is 1.80. The van der Waals surface area contributed by atoms with Crippen LogP contribution >= 0.6 is 0 Å². The molecule has 12 heteroatoms. The molecule has 0 spiro atoms. The number of nitro benzene ring substituents is 1. The van der Waals surface area contributed by atoms with Gasteiger partial charge in [-0.3, -0.25) is 15.2 Å². The average Bonchev–Trinajstić information content (AvgIpc) is 3.22. The molecular weight excluding hydrogens is 352 g/mol. The normalized spacial score (nSPS) is 11.4. The van der Waals surface area contributed by atoms with Crippen LogP contribution in [0.3, 0.4) is 0 Å². The van der Waals surface area contributed by atoms with Crippen molar-refractivity contribution in [1.82, 2.24) is 15.2 Å². The molecule has 3 aromatic rings. The molecule has 0 aliphatic heterocycles. The summed E-state index contributed by atoms with van der Waals surface area (Å²) in [7, 11) is -4.04. The molecule has 4 N–H and O–H groups in total. The lowest BCUT2D eigenvalue weighted by atomic mass is 10.2. The Morgan fingerprint density at radius 1 is 1.36 bits per heavy atom. The van der Waals surface area contributed by atoms with Crippen molar-refractivity contribution in [1.29, 1.82) is 0 Å². The number of hydrogen-bond donors (Lipinski definition) is 3. The second-order valence-corrected chi connectivity index (χ2v) is 6.48. The standard InChI is InChI=1S/C13H12N6O5S/c14-25(22,23)8-3-4-9(10(6-8)19(20)21)15-7-12-16-13(18-17-12)11-2-1-5-24-11/h1-6,15H,7H2,(H2,14,22,23)(H,16,17,18). The van der Waals surface area contributed by atoms with E-state index in [2.05, 4.69) is 20.5 Å². The molecule has 0 radical (unpaired) electrons. The van der Waals surface area contributed by atoms with E-state index < -0.39 is 20.6 Å². The molecule has 0 aliphatic rings. The number of furan rings is 1. The maximum absolute atomic E-state index is 11.3. The van der Waals surface area contributed by atoms with E-state index in [1.54, 1.807) is 12.1 Å². The van der Waals surface area contributed by atoms with Gasteiger partial charge in [0.2, 0.25) is 15.8 Å². The van der Waals surface area contributed by atoms with Crippen LogP contribution in [0.1, 0.15) is 5.82 Å². The lowest BCUT2D eigenvalue weighted by Crippen LogP contribution is -2.13. The van der Waals surface area contributed by atoms with E-state index in [0.717, 1.165) is 6.07 Å². The van der Waals surface area contributed by atoms with E-state index in [9.17, 15) is 18.5 Å². The number of H-pyrrole nitrogens is 1. The smallest absolute Gasteiger partial charge is 0.293 e. The summed E-state index contributed by atoms with van der Waals surface area (Å²) in [5, 5.41) is 25.6. The summed E-state index contributed by atoms with van der Waals surface area (Å²) in [6, 6.07) is 6.73. The molecule has 1 aromatic carbocycles. The number of hydrogen-bond acceptors (Lipinski definition) is 8. The van der Waals surface area contributed by atoms with Gasteiger partial charge < -0.3 is 9.73 Å². The number of rotatable bonds is 6. The minimum Gasteiger partial charge on any atom is -0.461 e. The molecule has 0 saturated carbocycles. The predicted molar refractivity (Wildman–Crippen MR) is 85.9 cm³/mol. The van der Waals surface area contributed by atoms with Gasteiger partial charge in [0.15, 0.2) is 5.76 Å². The van der Waals surface area contributed by atoms with Crippen LogP contribution in [0.2, 0.25) is 0 Å². The second kappa shape index (κ2) is 6.33. The van der Waals surface area contributed by atoms with Gasteiger partial charge in [0, 0.05) is 6.07 Å². The van der Waals surface area contributed by atoms with Crippen LogP contribution in [0.5, 0.6) is 0 Å². The van der Waals surface area contributed by atoms with Crippen molar-refractivity contribution >= 4 is 21.4 Å². The van der Waals surface area contributed by atoms with Crippen LogP contribution in [0.4, 0.5) is 11.4 Å². The molecule has 130 valence electrons. The van der Waals surface area contributed by atoms with Gasteiger partial charge in [-0.2, -0.15) is 0 Å². The number of benzene rings is 1. The number of nitrogens with zero attached hydrogens (tertiary/aromatic N) is 3. The fourth-order valence-electron chi connectivity index (χ4n) is 2.06. The third kappa shape index (κ3) is 3.64. The number of nitrogens with one attached hydrogen (secondary N) is 2. The molecule has 0 aliphatic carbocycles. The molecule has 0 atom stereocenters. The van der Waals surface area contributed by atoms with Crippen molar-refractivity contribution in [3.63, 3.8) is 0 Å². The highest BCUT2D eigenvalue weighted by Gasteiger charge is 2.19. The maximum atomic E-state index is 11.3. The van der Waals surface area contributed by atoms with Crippen LogP contribution in [0.25, 0.3) is 11.6 Å². The van der Waals surface area contributed by atoms with Gasteiger partial charge in [-0.25, -0.2) is 18.5 Å². The number of aromatic amines is 1. The van der Waals surface area contributed by atoms with E-state index in [0.29, 0.717) is 17.4 Å². The summed E-state index contributed by atoms with van der Waals surface area (Å²) in [5.41, 5.74) is -0.300. The first-order valence-corrected chi connectivity index (χ1v) is 8.39. The fraction of sp³-hybridized carbons (Fsp3) is 0.0769. The van der Waals surface area contributed by atoms with Gasteiger partial charge in [0.1, 0.15) is 11.5 Å². The third-order valence-electron chi connectivity index (χ3n) is 3.21. The molecule has 11 nitrogen and oxygen atoms in total. The van der Waals surface area contributed by atoms with Crippen molar-refractivity contribution < 1.29 is 17.8 Å². The van der Waals surface area contributed by atoms with Crippen LogP contribution in [-0.4, -0.2) is 28.5 Å². The van der Waals surface area contributed by atoms with Crippen LogP contribution in [0.15, 0.2) is 45.9 Å². The zero-order valence-corrected chi connectivity index (χ0v) is 13.4. The predicted octanol–water partition coefficient (Wildman–Crippen LogP) is 1.23. The van der Waals surface area contributed by atoms with E-state index in [1.807, 2.05) is 0 Å². The Bertz CT molecular complexity index is 1010. The summed E-state index contributed by atoms with van der Waals surface area (Å²) >= 11 is 0. The number of sulfonamides is 1. The van der Waals surface area contributed by atoms with Crippen molar-refractivity contribution in [3.05, 3.63) is 52.5 Å². The van der Waals surface area contributed by atoms with Crippen molar-refractivity contribution in [2.75, 3.05) is 5.32 Å². The lowest BCUT2D eigenvalue weighted by molar-refractivity contribution is -0.384. The summed E-state index contributed by atoms with van der Waals surface area (Å²) in [5.74, 6) is 1.24. The zero-order valence-electron chi connectivity index (χ0n) is 12.5. The molecule has 2 aromatic heterocycles. The van der Waals surface area contributed by atoms with Crippen molar-refractivity contribution in [3.8, 4) is 11.6 Å². The van der Waals surface area contributed by atoms with Gasteiger partial charge in [0.05, 0.1) is 22.6 Å². The molecular formula is C13H12N6O5S. The number of anilines is 1. The topological polar surface area (TPSA) is 170 Å². The highest BCUT2D eigenvalue weighted by Crippen LogP contribution is 2.27. The summed E-state index contributed by atoms with van der Waals surface area (Å²) in [6.07, 6.45) is 1.49. The Hall–Kier alpha value is -3.25. The van der Waals surface area contributed by atoms with Crippen LogP contribution < -0.4 is 10.5 Å². The summed E-state index contributed by atoms with van der Waals surface area (Å²) < 4.78 is 27.8. The summed E-state index contributed by atoms with van der Waals surface area (Å²) in [6.45, 7) is 0.100. The molecule has 0 saturated heterocycles. The van der Waals surface area contributed by atoms with Crippen molar-refractivity contribution in [2.24, 2.45) is 5.14 Å². The molecule has 0 bridgehead atoms. The molecule has 0 amide bonds. The van der Waals surface area contributed by atoms with Crippen LogP contribution in [0, 0.1) is 10.1 Å². The van der Waals surface area contributed by atoms with Gasteiger partial charge in [0.25, 0.3) is 5.69 Å². The van der Waals surface area contributed by atoms with E-state index in [-0.39, 0.29) is 17.1 Å². The van der Waals surface area contributed by atoms with E-state index in [4.69, 9.17) is 9.56 Å². The minimum absolute atomic E-state index is 0.100. The van der Waals surface area contributed by atoms with E-state index >= 15 is 0 Å². The Kier molecular flexibility index (Phi) is 4.21. The molecule has 25 heavy (non-hydrogen) atoms. The number of nitrogens with two attached hydrogens (primary N) is 1. The second-order valence-electron chi connectivity index (χ2n) is 4.92. The Morgan fingerprint density at radius 3 is 2.80 bits per heavy atom. The molecule has 0 unspecified atom stereocenters. The highest BCUT2D eigenvalue weighted by molar-refractivity contribution is 7.89. The molecule has 0 fully saturated rings. The quantitative estimate of drug-likeness (QED) is 0.433. The first-order chi connectivity index (χ1) is 11.8. The fourth-order valence-corrected chi connectivity index (χ4v) is 2.59. The van der Waals surface area contributed by atoms with Crippen molar-refractivity contribution in [2.45, 2.75) is 11.4 Å². The zero-order chi connectivity index (χ0) is 18.0. The Morgan fingerprint density at radius 2 is 2.16 bits per heavy atom. The van der Waals surface area contributed by atoms with Gasteiger partial charge >= 0.3 is 0 Å². The number of nitro groups is 1. The SMILES string of the molecule is NS(=O)(=O)c1ccc(NCc2nc(-c3ccco3)n[nH]2)c([N+](=O)[O-])c1. The monoisotopic (exact) mass is 364 g/mol. The lowest BCUT2D eigenvalue weighted by Gasteiger charge is -2.06. The minimum atomic E-state index is -4.04. The molecule has 3 rings (SSSR count). The van der Waals surface area contributed by atoms with Gasteiger partial charge in [-0.15, -0.1) is 5.10 Å². The average molecular weight is 364 g/mol. The highest BCUT2D eigenvalue weighted by atomic mass is 32.2. The van der Waals surface area contributed by atoms with E-state index in [1.165, 1.54) is 18.4 Å². The largest absolute Gasteiger partial charge is 0.461 e. The maximum Gasteiger partial charge on any atom is 0.293 e. The number of primary sulfonamides is 1. The van der Waals surface area contributed by atoms with Crippen LogP contribution in [-0.2, 0) is 16.6 Å². The number of aromatic nitrogens is 3. The molecule has 2 heterocycles. The van der Waals surface area contributed by atoms with Gasteiger partial charge in [-0.1, -0.05) is 0 Å². The first kappa shape index (κ1) is 16.6. The van der Waals surface area contributed by atoms with Gasteiger partial charge in [-0.05, 0) is 24.3 Å².